The monoisotopic (exact) mass is 419 g/mol. The van der Waals surface area contributed by atoms with Crippen LogP contribution in [0.2, 0.25) is 0 Å². The van der Waals surface area contributed by atoms with Crippen molar-refractivity contribution < 1.29 is 17.9 Å². The van der Waals surface area contributed by atoms with Crippen LogP contribution in [-0.4, -0.2) is 53.1 Å². The minimum absolute atomic E-state index is 0.109. The van der Waals surface area contributed by atoms with Gasteiger partial charge in [-0.1, -0.05) is 31.2 Å². The van der Waals surface area contributed by atoms with Crippen LogP contribution in [0.3, 0.4) is 0 Å². The van der Waals surface area contributed by atoms with Crippen LogP contribution in [0.15, 0.2) is 53.4 Å². The number of carbonyl (C=O) groups is 1. The predicted molar refractivity (Wildman–Crippen MR) is 113 cm³/mol. The first-order chi connectivity index (χ1) is 13.9. The van der Waals surface area contributed by atoms with Crippen molar-refractivity contribution in [3.63, 3.8) is 0 Å². The van der Waals surface area contributed by atoms with Crippen molar-refractivity contribution in [2.45, 2.75) is 24.9 Å². The molecule has 8 heteroatoms. The second kappa shape index (κ2) is 11.1. The molecule has 0 aliphatic rings. The average Bonchev–Trinajstić information content (AvgIpc) is 2.72. The van der Waals surface area contributed by atoms with E-state index in [0.29, 0.717) is 12.1 Å². The van der Waals surface area contributed by atoms with E-state index in [0.717, 1.165) is 18.7 Å². The number of rotatable bonds is 11. The molecule has 0 fully saturated rings. The molecule has 2 N–H and O–H groups in total. The summed E-state index contributed by atoms with van der Waals surface area (Å²) < 4.78 is 31.6. The van der Waals surface area contributed by atoms with Gasteiger partial charge in [-0.25, -0.2) is 13.1 Å². The molecule has 0 saturated carbocycles. The quantitative estimate of drug-likeness (QED) is 0.544. The Hall–Kier alpha value is -2.26. The van der Waals surface area contributed by atoms with Gasteiger partial charge in [-0.05, 0) is 49.0 Å². The number of amides is 1. The smallest absolute Gasteiger partial charge is 0.251 e. The molecule has 0 aliphatic carbocycles. The third kappa shape index (κ3) is 7.25. The summed E-state index contributed by atoms with van der Waals surface area (Å²) in [6.07, 6.45) is 0. The molecule has 29 heavy (non-hydrogen) atoms. The van der Waals surface area contributed by atoms with Crippen LogP contribution >= 0.6 is 0 Å². The summed E-state index contributed by atoms with van der Waals surface area (Å²) in [4.78, 5) is 14.7. The van der Waals surface area contributed by atoms with E-state index in [1.165, 1.54) is 36.9 Å². The topological polar surface area (TPSA) is 87.7 Å². The van der Waals surface area contributed by atoms with E-state index in [1.807, 2.05) is 12.1 Å². The number of nitrogens with one attached hydrogen (secondary N) is 2. The van der Waals surface area contributed by atoms with E-state index >= 15 is 0 Å². The number of carbonyl (C=O) groups excluding carboxylic acids is 1. The Morgan fingerprint density at radius 1 is 1.10 bits per heavy atom. The van der Waals surface area contributed by atoms with Gasteiger partial charge >= 0.3 is 0 Å². The third-order valence-electron chi connectivity index (χ3n) is 4.46. The first-order valence-corrected chi connectivity index (χ1v) is 11.0. The summed E-state index contributed by atoms with van der Waals surface area (Å²) in [7, 11) is -0.0505. The summed E-state index contributed by atoms with van der Waals surface area (Å²) in [5.41, 5.74) is 2.61. The summed E-state index contributed by atoms with van der Waals surface area (Å²) in [5, 5.41) is 2.88. The van der Waals surface area contributed by atoms with Crippen LogP contribution < -0.4 is 10.0 Å². The van der Waals surface area contributed by atoms with Crippen LogP contribution in [0, 0.1) is 0 Å². The number of hydrogen-bond donors (Lipinski definition) is 2. The Bertz CT molecular complexity index is 898. The van der Waals surface area contributed by atoms with Gasteiger partial charge in [0.2, 0.25) is 10.0 Å². The highest BCUT2D eigenvalue weighted by Gasteiger charge is 2.14. The van der Waals surface area contributed by atoms with E-state index in [-0.39, 0.29) is 24.0 Å². The molecule has 0 aromatic heterocycles. The summed E-state index contributed by atoms with van der Waals surface area (Å²) in [6, 6.07) is 14.0. The van der Waals surface area contributed by atoms with Crippen LogP contribution in [-0.2, 0) is 27.8 Å². The third-order valence-corrected chi connectivity index (χ3v) is 5.94. The van der Waals surface area contributed by atoms with Crippen molar-refractivity contribution in [1.82, 2.24) is 14.9 Å². The lowest BCUT2D eigenvalue weighted by Gasteiger charge is -2.14. The molecule has 158 valence electrons. The molecule has 0 aliphatic heterocycles. The number of methoxy groups -OCH3 is 1. The van der Waals surface area contributed by atoms with Gasteiger partial charge in [-0.15, -0.1) is 0 Å². The molecule has 7 nitrogen and oxygen atoms in total. The Kier molecular flexibility index (Phi) is 8.78. The van der Waals surface area contributed by atoms with Gasteiger partial charge in [0, 0.05) is 32.3 Å². The van der Waals surface area contributed by atoms with Crippen LogP contribution in [0.1, 0.15) is 28.4 Å². The van der Waals surface area contributed by atoms with Crippen LogP contribution in [0.5, 0.6) is 0 Å². The van der Waals surface area contributed by atoms with Crippen molar-refractivity contribution in [2.75, 3.05) is 33.9 Å². The van der Waals surface area contributed by atoms with Gasteiger partial charge in [0.15, 0.2) is 0 Å². The standard InChI is InChI=1S/C21H29N3O4S/c1-4-24(2)16-18-7-5-6-17(14-18)15-22-21(25)19-8-10-20(11-9-19)29(26,27)23-12-13-28-3/h5-11,14,23H,4,12-13,15-16H2,1-3H3,(H,22,25). The number of benzene rings is 2. The molecule has 0 heterocycles. The fourth-order valence-corrected chi connectivity index (χ4v) is 3.71. The molecule has 0 saturated heterocycles. The number of nitrogens with zero attached hydrogens (tertiary/aromatic N) is 1. The van der Waals surface area contributed by atoms with Crippen molar-refractivity contribution in [2.24, 2.45) is 0 Å². The zero-order valence-electron chi connectivity index (χ0n) is 17.1. The summed E-state index contributed by atoms with van der Waals surface area (Å²) in [5.74, 6) is -0.252. The molecule has 0 atom stereocenters. The van der Waals surface area contributed by atoms with Crippen molar-refractivity contribution in [1.29, 1.82) is 0 Å². The Morgan fingerprint density at radius 3 is 2.45 bits per heavy atom. The second-order valence-corrected chi connectivity index (χ2v) is 8.51. The molecular weight excluding hydrogens is 390 g/mol. The lowest BCUT2D eigenvalue weighted by atomic mass is 10.1. The zero-order chi connectivity index (χ0) is 21.3. The number of hydrogen-bond acceptors (Lipinski definition) is 5. The largest absolute Gasteiger partial charge is 0.383 e. The first-order valence-electron chi connectivity index (χ1n) is 9.49. The Labute approximate surface area is 173 Å². The fourth-order valence-electron chi connectivity index (χ4n) is 2.69. The van der Waals surface area contributed by atoms with Gasteiger partial charge in [0.1, 0.15) is 0 Å². The van der Waals surface area contributed by atoms with Gasteiger partial charge < -0.3 is 15.0 Å². The number of sulfonamides is 1. The highest BCUT2D eigenvalue weighted by Crippen LogP contribution is 2.11. The lowest BCUT2D eigenvalue weighted by Crippen LogP contribution is -2.27. The fraction of sp³-hybridized carbons (Fsp3) is 0.381. The lowest BCUT2D eigenvalue weighted by molar-refractivity contribution is 0.0951. The van der Waals surface area contributed by atoms with Crippen LogP contribution in [0.25, 0.3) is 0 Å². The molecule has 0 radical (unpaired) electrons. The molecule has 2 rings (SSSR count). The Balaban J connectivity index is 1.95. The van der Waals surface area contributed by atoms with Gasteiger partial charge in [0.25, 0.3) is 5.91 Å². The molecular formula is C21H29N3O4S. The summed E-state index contributed by atoms with van der Waals surface area (Å²) >= 11 is 0. The first kappa shape index (κ1) is 23.0. The van der Waals surface area contributed by atoms with E-state index in [2.05, 4.69) is 41.0 Å². The molecule has 0 unspecified atom stereocenters. The zero-order valence-corrected chi connectivity index (χ0v) is 18.0. The molecule has 2 aromatic rings. The molecule has 2 aromatic carbocycles. The van der Waals surface area contributed by atoms with Crippen molar-refractivity contribution in [3.05, 3.63) is 65.2 Å². The normalized spacial score (nSPS) is 11.6. The van der Waals surface area contributed by atoms with Crippen LogP contribution in [0.4, 0.5) is 0 Å². The molecule has 1 amide bonds. The van der Waals surface area contributed by atoms with Gasteiger partial charge in [-0.3, -0.25) is 4.79 Å². The number of ether oxygens (including phenoxy) is 1. The van der Waals surface area contributed by atoms with E-state index < -0.39 is 10.0 Å². The molecule has 0 bridgehead atoms. The van der Waals surface area contributed by atoms with Gasteiger partial charge in [-0.2, -0.15) is 0 Å². The summed E-state index contributed by atoms with van der Waals surface area (Å²) in [6.45, 7) is 4.81. The van der Waals surface area contributed by atoms with E-state index in [9.17, 15) is 13.2 Å². The maximum atomic E-state index is 12.4. The minimum atomic E-state index is -3.61. The van der Waals surface area contributed by atoms with E-state index in [1.54, 1.807) is 0 Å². The average molecular weight is 420 g/mol. The van der Waals surface area contributed by atoms with Crippen molar-refractivity contribution >= 4 is 15.9 Å². The van der Waals surface area contributed by atoms with E-state index in [4.69, 9.17) is 4.74 Å². The Morgan fingerprint density at radius 2 is 1.79 bits per heavy atom. The highest BCUT2D eigenvalue weighted by molar-refractivity contribution is 7.89. The van der Waals surface area contributed by atoms with Crippen molar-refractivity contribution in [3.8, 4) is 0 Å². The predicted octanol–water partition coefficient (Wildman–Crippen LogP) is 1.99. The van der Waals surface area contributed by atoms with Gasteiger partial charge in [0.05, 0.1) is 11.5 Å². The SMILES string of the molecule is CCN(C)Cc1cccc(CNC(=O)c2ccc(S(=O)(=O)NCCOC)cc2)c1. The minimum Gasteiger partial charge on any atom is -0.383 e. The molecule has 0 spiro atoms. The maximum absolute atomic E-state index is 12.4. The highest BCUT2D eigenvalue weighted by atomic mass is 32.2. The maximum Gasteiger partial charge on any atom is 0.251 e. The second-order valence-electron chi connectivity index (χ2n) is 6.75.